The molecule has 0 bridgehead atoms. The lowest BCUT2D eigenvalue weighted by atomic mass is 9.85. The van der Waals surface area contributed by atoms with Crippen LogP contribution in [-0.4, -0.2) is 5.26 Å². The second-order valence-electron chi connectivity index (χ2n) is 5.72. The summed E-state index contributed by atoms with van der Waals surface area (Å²) in [7, 11) is 0. The van der Waals surface area contributed by atoms with Gasteiger partial charge in [-0.25, -0.2) is 4.89 Å². The van der Waals surface area contributed by atoms with Crippen molar-refractivity contribution >= 4 is 0 Å². The van der Waals surface area contributed by atoms with Crippen LogP contribution < -0.4 is 0 Å². The third-order valence-electron chi connectivity index (χ3n) is 3.79. The molecule has 0 radical (unpaired) electrons. The summed E-state index contributed by atoms with van der Waals surface area (Å²) in [5, 5.41) is 9.43. The molecule has 0 aliphatic rings. The number of rotatable bonds is 5. The fourth-order valence-corrected chi connectivity index (χ4v) is 2.60. The van der Waals surface area contributed by atoms with Gasteiger partial charge in [-0.3, -0.25) is 5.26 Å². The molecule has 0 aliphatic carbocycles. The maximum absolute atomic E-state index is 9.43. The van der Waals surface area contributed by atoms with E-state index in [1.165, 1.54) is 11.1 Å². The Kier molecular flexibility index (Phi) is 4.58. The molecular weight excluding hydrogens is 248 g/mol. The van der Waals surface area contributed by atoms with E-state index in [0.29, 0.717) is 12.3 Å². The Morgan fingerprint density at radius 2 is 1.60 bits per heavy atom. The van der Waals surface area contributed by atoms with Gasteiger partial charge < -0.3 is 0 Å². The Labute approximate surface area is 121 Å². The van der Waals surface area contributed by atoms with Crippen LogP contribution in [0.25, 0.3) is 0 Å². The molecule has 2 rings (SSSR count). The van der Waals surface area contributed by atoms with Crippen molar-refractivity contribution in [3.63, 3.8) is 0 Å². The van der Waals surface area contributed by atoms with Crippen LogP contribution in [-0.2, 0) is 16.9 Å². The van der Waals surface area contributed by atoms with E-state index in [-0.39, 0.29) is 0 Å². The van der Waals surface area contributed by atoms with Crippen molar-refractivity contribution < 1.29 is 10.1 Å². The van der Waals surface area contributed by atoms with Crippen LogP contribution in [0.2, 0.25) is 0 Å². The Balaban J connectivity index is 2.36. The Bertz CT molecular complexity index is 548. The topological polar surface area (TPSA) is 29.5 Å². The minimum absolute atomic E-state index is 0.449. The molecule has 106 valence electrons. The highest BCUT2D eigenvalue weighted by Gasteiger charge is 2.29. The molecule has 2 heteroatoms. The summed E-state index contributed by atoms with van der Waals surface area (Å²) >= 11 is 0. The number of benzene rings is 2. The van der Waals surface area contributed by atoms with Gasteiger partial charge in [0.2, 0.25) is 0 Å². The molecule has 20 heavy (non-hydrogen) atoms. The molecule has 2 nitrogen and oxygen atoms in total. The third kappa shape index (κ3) is 3.09. The van der Waals surface area contributed by atoms with Gasteiger partial charge in [0.15, 0.2) is 0 Å². The largest absolute Gasteiger partial charge is 0.251 e. The molecule has 1 atom stereocenters. The maximum Gasteiger partial charge on any atom is 0.129 e. The van der Waals surface area contributed by atoms with Gasteiger partial charge in [0.1, 0.15) is 5.60 Å². The Morgan fingerprint density at radius 1 is 1.00 bits per heavy atom. The van der Waals surface area contributed by atoms with E-state index in [2.05, 4.69) is 32.0 Å². The molecule has 0 amide bonds. The van der Waals surface area contributed by atoms with Crippen LogP contribution in [0.15, 0.2) is 54.6 Å². The number of hydrogen-bond donors (Lipinski definition) is 1. The first kappa shape index (κ1) is 14.8. The molecule has 0 fully saturated rings. The van der Waals surface area contributed by atoms with E-state index >= 15 is 0 Å². The summed E-state index contributed by atoms with van der Waals surface area (Å²) in [5.41, 5.74) is 2.75. The van der Waals surface area contributed by atoms with Crippen molar-refractivity contribution in [1.29, 1.82) is 0 Å². The van der Waals surface area contributed by atoms with Gasteiger partial charge in [-0.1, -0.05) is 68.4 Å². The summed E-state index contributed by atoms with van der Waals surface area (Å²) in [6.07, 6.45) is 0.641. The maximum atomic E-state index is 9.43. The second-order valence-corrected chi connectivity index (χ2v) is 5.72. The van der Waals surface area contributed by atoms with Crippen molar-refractivity contribution in [1.82, 2.24) is 0 Å². The first-order valence-electron chi connectivity index (χ1n) is 7.03. The smallest absolute Gasteiger partial charge is 0.129 e. The molecule has 0 spiro atoms. The highest BCUT2D eigenvalue weighted by molar-refractivity contribution is 5.33. The fourth-order valence-electron chi connectivity index (χ4n) is 2.60. The summed E-state index contributed by atoms with van der Waals surface area (Å²) < 4.78 is 0. The fraction of sp³-hybridized carbons (Fsp3) is 0.333. The van der Waals surface area contributed by atoms with E-state index in [9.17, 15) is 5.26 Å². The lowest BCUT2D eigenvalue weighted by Crippen LogP contribution is -2.28. The van der Waals surface area contributed by atoms with E-state index in [0.717, 1.165) is 5.56 Å². The van der Waals surface area contributed by atoms with Crippen LogP contribution in [0.5, 0.6) is 0 Å². The van der Waals surface area contributed by atoms with Gasteiger partial charge in [0, 0.05) is 6.42 Å². The highest BCUT2D eigenvalue weighted by Crippen LogP contribution is 2.31. The predicted molar refractivity (Wildman–Crippen MR) is 81.7 cm³/mol. The molecule has 2 aromatic carbocycles. The van der Waals surface area contributed by atoms with Gasteiger partial charge in [0.25, 0.3) is 0 Å². The summed E-state index contributed by atoms with van der Waals surface area (Å²) in [4.78, 5) is 4.86. The Morgan fingerprint density at radius 3 is 2.20 bits per heavy atom. The first-order chi connectivity index (χ1) is 9.57. The molecular formula is C18H22O2. The second kappa shape index (κ2) is 6.21. The zero-order valence-corrected chi connectivity index (χ0v) is 12.3. The van der Waals surface area contributed by atoms with Gasteiger partial charge in [-0.15, -0.1) is 0 Å². The molecule has 0 saturated carbocycles. The predicted octanol–water partition coefficient (Wildman–Crippen LogP) is 4.76. The van der Waals surface area contributed by atoms with Crippen molar-refractivity contribution in [2.75, 3.05) is 0 Å². The van der Waals surface area contributed by atoms with E-state index in [1.807, 2.05) is 43.3 Å². The van der Waals surface area contributed by atoms with E-state index in [4.69, 9.17) is 4.89 Å². The van der Waals surface area contributed by atoms with Gasteiger partial charge in [0.05, 0.1) is 0 Å². The van der Waals surface area contributed by atoms with E-state index < -0.39 is 5.60 Å². The lowest BCUT2D eigenvalue weighted by molar-refractivity contribution is -0.323. The standard InChI is InChI=1S/C18H22O2/c1-14(2)17-12-8-7-9-15(17)13-18(3,20-19)16-10-5-4-6-11-16/h4-12,14,19H,13H2,1-3H3. The molecule has 2 aromatic rings. The van der Waals surface area contributed by atoms with Crippen molar-refractivity contribution in [3.05, 3.63) is 71.3 Å². The molecule has 1 unspecified atom stereocenters. The lowest BCUT2D eigenvalue weighted by Gasteiger charge is -2.28. The molecule has 0 saturated heterocycles. The molecule has 1 N–H and O–H groups in total. The van der Waals surface area contributed by atoms with Crippen LogP contribution in [0.4, 0.5) is 0 Å². The van der Waals surface area contributed by atoms with Crippen molar-refractivity contribution in [3.8, 4) is 0 Å². The summed E-state index contributed by atoms with van der Waals surface area (Å²) in [6.45, 7) is 6.27. The molecule has 0 aromatic heterocycles. The van der Waals surface area contributed by atoms with Gasteiger partial charge in [-0.05, 0) is 29.5 Å². The van der Waals surface area contributed by atoms with Crippen LogP contribution >= 0.6 is 0 Å². The van der Waals surface area contributed by atoms with Crippen LogP contribution in [0.1, 0.15) is 43.4 Å². The van der Waals surface area contributed by atoms with E-state index in [1.54, 1.807) is 0 Å². The number of hydrogen-bond acceptors (Lipinski definition) is 2. The average Bonchev–Trinajstić information content (AvgIpc) is 2.48. The minimum Gasteiger partial charge on any atom is -0.251 e. The van der Waals surface area contributed by atoms with Crippen LogP contribution in [0, 0.1) is 0 Å². The quantitative estimate of drug-likeness (QED) is 0.627. The van der Waals surface area contributed by atoms with Crippen LogP contribution in [0.3, 0.4) is 0 Å². The Hall–Kier alpha value is -1.64. The minimum atomic E-state index is -0.730. The normalized spacial score (nSPS) is 14.2. The first-order valence-corrected chi connectivity index (χ1v) is 7.03. The monoisotopic (exact) mass is 270 g/mol. The summed E-state index contributed by atoms with van der Waals surface area (Å²) in [6, 6.07) is 18.2. The SMILES string of the molecule is CC(C)c1ccccc1CC(C)(OO)c1ccccc1. The molecule has 0 aliphatic heterocycles. The third-order valence-corrected chi connectivity index (χ3v) is 3.79. The average molecular weight is 270 g/mol. The molecule has 0 heterocycles. The highest BCUT2D eigenvalue weighted by atomic mass is 17.1. The van der Waals surface area contributed by atoms with Crippen molar-refractivity contribution in [2.45, 2.75) is 38.7 Å². The van der Waals surface area contributed by atoms with Gasteiger partial charge in [-0.2, -0.15) is 0 Å². The van der Waals surface area contributed by atoms with Gasteiger partial charge >= 0.3 is 0 Å². The zero-order valence-electron chi connectivity index (χ0n) is 12.3. The van der Waals surface area contributed by atoms with Crippen molar-refractivity contribution in [2.24, 2.45) is 0 Å². The zero-order chi connectivity index (χ0) is 14.6. The summed E-state index contributed by atoms with van der Waals surface area (Å²) in [5.74, 6) is 0.449.